The number of hydrogen-bond acceptors (Lipinski definition) is 11. The Kier molecular flexibility index (Phi) is 7.49. The first kappa shape index (κ1) is 31.1. The minimum atomic E-state index is -2.72. The van der Waals surface area contributed by atoms with E-state index in [-0.39, 0.29) is 48.2 Å². The monoisotopic (exact) mass is 623 g/mol. The van der Waals surface area contributed by atoms with Gasteiger partial charge in [0.1, 0.15) is 22.8 Å². The average Bonchev–Trinajstić information content (AvgIpc) is 3.58. The molecule has 0 saturated heterocycles. The Morgan fingerprint density at radius 2 is 1.78 bits per heavy atom. The van der Waals surface area contributed by atoms with Gasteiger partial charge in [0.25, 0.3) is 5.91 Å². The number of amides is 2. The standard InChI is InChI=1S/C32H41N5O8/c1-36(2)20-11-19(35-21(38)12-34-18-8-13-5-6-14(18)7-13)26(39)23-16(20)9-15-10-17-25(37(3)4)28(41)24(31(33)44)30(43)32(17,45)29(42)22(15)27(23)40/h11,13-15,17-18,25,34,39-40,43,45H,5-10,12H2,1-4H3,(H2,33,44)(H,35,38)/t13?,14?,15?,17?,18?,25-,32-/m0/s1. The van der Waals surface area contributed by atoms with Crippen molar-refractivity contribution in [3.63, 3.8) is 0 Å². The Morgan fingerprint density at radius 3 is 2.36 bits per heavy atom. The molecule has 5 unspecified atom stereocenters. The number of phenols is 1. The van der Waals surface area contributed by atoms with E-state index < -0.39 is 63.8 Å². The Balaban J connectivity index is 1.39. The summed E-state index contributed by atoms with van der Waals surface area (Å²) < 4.78 is 0. The summed E-state index contributed by atoms with van der Waals surface area (Å²) in [4.78, 5) is 55.9. The number of fused-ring (bicyclic) bond motifs is 5. The van der Waals surface area contributed by atoms with Gasteiger partial charge in [-0.2, -0.15) is 0 Å². The number of nitrogens with zero attached hydrogens (tertiary/aromatic N) is 2. The normalized spacial score (nSPS) is 32.0. The highest BCUT2D eigenvalue weighted by atomic mass is 16.3. The average molecular weight is 624 g/mol. The van der Waals surface area contributed by atoms with Crippen LogP contribution in [0.4, 0.5) is 11.4 Å². The molecule has 45 heavy (non-hydrogen) atoms. The zero-order chi connectivity index (χ0) is 32.7. The van der Waals surface area contributed by atoms with Crippen molar-refractivity contribution in [2.24, 2.45) is 29.4 Å². The number of Topliss-reactive ketones (excluding diaryl/α,β-unsaturated/α-hetero) is 2. The second-order valence-electron chi connectivity index (χ2n) is 13.7. The summed E-state index contributed by atoms with van der Waals surface area (Å²) in [5.74, 6) is -6.32. The van der Waals surface area contributed by atoms with Gasteiger partial charge in [-0.15, -0.1) is 0 Å². The van der Waals surface area contributed by atoms with Crippen LogP contribution in [0.3, 0.4) is 0 Å². The molecule has 6 rings (SSSR count). The van der Waals surface area contributed by atoms with Gasteiger partial charge in [0.2, 0.25) is 11.7 Å². The molecule has 13 heteroatoms. The number of likely N-dealkylation sites (N-methyl/N-ethyl adjacent to an activating group) is 1. The van der Waals surface area contributed by atoms with Gasteiger partial charge in [-0.25, -0.2) is 0 Å². The van der Waals surface area contributed by atoms with E-state index >= 15 is 0 Å². The lowest BCUT2D eigenvalue weighted by Gasteiger charge is -2.50. The summed E-state index contributed by atoms with van der Waals surface area (Å²) in [5, 5.41) is 52.0. The third-order valence-corrected chi connectivity index (χ3v) is 10.7. The molecular weight excluding hydrogens is 582 g/mol. The number of anilines is 2. The molecule has 0 aromatic heterocycles. The van der Waals surface area contributed by atoms with Gasteiger partial charge in [0.15, 0.2) is 11.4 Å². The van der Waals surface area contributed by atoms with Crippen LogP contribution in [0.15, 0.2) is 23.0 Å². The predicted octanol–water partition coefficient (Wildman–Crippen LogP) is 0.747. The molecule has 2 amide bonds. The van der Waals surface area contributed by atoms with Crippen molar-refractivity contribution in [1.29, 1.82) is 0 Å². The number of nitrogens with one attached hydrogen (secondary N) is 2. The largest absolute Gasteiger partial charge is 0.508 e. The fourth-order valence-electron chi connectivity index (χ4n) is 8.70. The van der Waals surface area contributed by atoms with Gasteiger partial charge in [-0.3, -0.25) is 24.1 Å². The van der Waals surface area contributed by atoms with E-state index in [1.807, 2.05) is 0 Å². The molecular formula is C32H41N5O8. The molecule has 1 aromatic rings. The third-order valence-electron chi connectivity index (χ3n) is 10.7. The fourth-order valence-corrected chi connectivity index (χ4v) is 8.70. The number of nitrogens with two attached hydrogens (primary N) is 1. The van der Waals surface area contributed by atoms with Gasteiger partial charge < -0.3 is 41.7 Å². The number of aliphatic hydroxyl groups excluding tert-OH is 2. The highest BCUT2D eigenvalue weighted by Crippen LogP contribution is 2.54. The van der Waals surface area contributed by atoms with Crippen LogP contribution in [0.5, 0.6) is 5.75 Å². The maximum Gasteiger partial charge on any atom is 0.255 e. The molecule has 3 fully saturated rings. The van der Waals surface area contributed by atoms with Crippen molar-refractivity contribution < 1.29 is 39.6 Å². The fraction of sp³-hybridized carbons (Fsp3) is 0.562. The second-order valence-corrected chi connectivity index (χ2v) is 13.7. The quantitative estimate of drug-likeness (QED) is 0.167. The van der Waals surface area contributed by atoms with Crippen molar-refractivity contribution in [1.82, 2.24) is 10.2 Å². The number of carbonyl (C=O) groups excluding carboxylic acids is 4. The number of phenolic OH excluding ortho intramolecular Hbond substituents is 1. The third kappa shape index (κ3) is 4.62. The predicted molar refractivity (Wildman–Crippen MR) is 164 cm³/mol. The molecule has 1 aromatic carbocycles. The minimum absolute atomic E-state index is 0.00737. The van der Waals surface area contributed by atoms with Crippen LogP contribution < -0.4 is 21.3 Å². The Morgan fingerprint density at radius 1 is 1.07 bits per heavy atom. The maximum atomic E-state index is 14.1. The molecule has 5 aliphatic rings. The van der Waals surface area contributed by atoms with Crippen LogP contribution in [0.1, 0.15) is 43.2 Å². The Bertz CT molecular complexity index is 1580. The number of aromatic hydroxyl groups is 1. The van der Waals surface area contributed by atoms with Gasteiger partial charge in [-0.05, 0) is 75.6 Å². The number of ketones is 2. The van der Waals surface area contributed by atoms with Crippen molar-refractivity contribution in [3.05, 3.63) is 34.1 Å². The molecule has 242 valence electrons. The molecule has 0 spiro atoms. The summed E-state index contributed by atoms with van der Waals surface area (Å²) >= 11 is 0. The first-order valence-corrected chi connectivity index (χ1v) is 15.4. The lowest BCUT2D eigenvalue weighted by molar-refractivity contribution is -0.153. The van der Waals surface area contributed by atoms with Crippen molar-refractivity contribution in [3.8, 4) is 5.75 Å². The molecule has 5 aliphatic carbocycles. The smallest absolute Gasteiger partial charge is 0.255 e. The number of benzene rings is 1. The molecule has 0 radical (unpaired) electrons. The molecule has 13 nitrogen and oxygen atoms in total. The highest BCUT2D eigenvalue weighted by Gasteiger charge is 2.64. The topological polar surface area (TPSA) is 206 Å². The zero-order valence-corrected chi connectivity index (χ0v) is 25.9. The van der Waals surface area contributed by atoms with Crippen LogP contribution in [0.25, 0.3) is 5.76 Å². The van der Waals surface area contributed by atoms with Crippen LogP contribution in [0, 0.1) is 23.7 Å². The minimum Gasteiger partial charge on any atom is -0.508 e. The van der Waals surface area contributed by atoms with Crippen LogP contribution in [-0.2, 0) is 25.6 Å². The van der Waals surface area contributed by atoms with Crippen molar-refractivity contribution in [2.75, 3.05) is 45.0 Å². The number of primary amides is 1. The lowest BCUT2D eigenvalue weighted by atomic mass is 9.57. The number of hydrogen-bond donors (Lipinski definition) is 7. The zero-order valence-electron chi connectivity index (χ0n) is 25.9. The van der Waals surface area contributed by atoms with Gasteiger partial charge in [0.05, 0.1) is 23.8 Å². The van der Waals surface area contributed by atoms with Gasteiger partial charge in [-0.1, -0.05) is 6.42 Å². The van der Waals surface area contributed by atoms with Crippen molar-refractivity contribution >= 4 is 40.5 Å². The van der Waals surface area contributed by atoms with Crippen molar-refractivity contribution in [2.45, 2.75) is 56.2 Å². The molecule has 0 heterocycles. The van der Waals surface area contributed by atoms with E-state index in [1.165, 1.54) is 17.7 Å². The molecule has 2 bridgehead atoms. The maximum absolute atomic E-state index is 14.1. The number of carbonyl (C=O) groups is 4. The second kappa shape index (κ2) is 10.8. The Hall–Kier alpha value is -3.94. The number of aliphatic hydroxyl groups is 3. The van der Waals surface area contributed by atoms with E-state index in [2.05, 4.69) is 10.6 Å². The summed E-state index contributed by atoms with van der Waals surface area (Å²) in [7, 11) is 6.65. The Labute approximate surface area is 260 Å². The first-order chi connectivity index (χ1) is 21.2. The van der Waals surface area contributed by atoms with Crippen LogP contribution in [-0.4, -0.2) is 101 Å². The highest BCUT2D eigenvalue weighted by molar-refractivity contribution is 6.24. The van der Waals surface area contributed by atoms with E-state index in [9.17, 15) is 39.6 Å². The molecule has 8 N–H and O–H groups in total. The van der Waals surface area contributed by atoms with Crippen LogP contribution in [0.2, 0.25) is 0 Å². The van der Waals surface area contributed by atoms with Gasteiger partial charge >= 0.3 is 0 Å². The molecule has 0 aliphatic heterocycles. The van der Waals surface area contributed by atoms with E-state index in [1.54, 1.807) is 39.2 Å². The number of rotatable bonds is 7. The lowest BCUT2D eigenvalue weighted by Crippen LogP contribution is -2.65. The molecule has 7 atom stereocenters. The summed E-state index contributed by atoms with van der Waals surface area (Å²) in [6, 6.07) is 0.739. The van der Waals surface area contributed by atoms with E-state index in [0.717, 1.165) is 12.8 Å². The van der Waals surface area contributed by atoms with E-state index in [4.69, 9.17) is 5.73 Å². The first-order valence-electron chi connectivity index (χ1n) is 15.4. The SMILES string of the molecule is CN(C)c1cc(NC(=O)CNC2CC3CCC2C3)c(O)c2c1CC1CC3[C@H](N(C)C)C(=O)C(C(N)=O)=C(O)[C@@]3(O)C(=O)C1=C2O. The summed E-state index contributed by atoms with van der Waals surface area (Å²) in [5.41, 5.74) is 2.63. The summed E-state index contributed by atoms with van der Waals surface area (Å²) in [6.45, 7) is 0.0450. The van der Waals surface area contributed by atoms with Gasteiger partial charge in [0, 0.05) is 37.3 Å². The van der Waals surface area contributed by atoms with E-state index in [0.29, 0.717) is 23.1 Å². The van der Waals surface area contributed by atoms with Crippen LogP contribution >= 0.6 is 0 Å². The molecule has 3 saturated carbocycles. The summed E-state index contributed by atoms with van der Waals surface area (Å²) in [6.07, 6.45) is 4.77.